The highest BCUT2D eigenvalue weighted by molar-refractivity contribution is 5.95. The van der Waals surface area contributed by atoms with Crippen LogP contribution in [0.1, 0.15) is 29.6 Å². The Labute approximate surface area is 122 Å². The Morgan fingerprint density at radius 3 is 2.67 bits per heavy atom. The molecule has 0 aromatic heterocycles. The third kappa shape index (κ3) is 3.13. The van der Waals surface area contributed by atoms with Crippen LogP contribution in [0.4, 0.5) is 11.4 Å². The molecule has 0 radical (unpaired) electrons. The van der Waals surface area contributed by atoms with E-state index in [1.165, 1.54) is 25.2 Å². The van der Waals surface area contributed by atoms with E-state index >= 15 is 0 Å². The van der Waals surface area contributed by atoms with E-state index in [2.05, 4.69) is 10.6 Å². The first-order valence-electron chi connectivity index (χ1n) is 6.81. The van der Waals surface area contributed by atoms with Gasteiger partial charge in [-0.25, -0.2) is 0 Å². The van der Waals surface area contributed by atoms with Crippen LogP contribution in [-0.2, 0) is 4.74 Å². The van der Waals surface area contributed by atoms with Crippen molar-refractivity contribution in [2.45, 2.75) is 24.9 Å². The summed E-state index contributed by atoms with van der Waals surface area (Å²) in [5, 5.41) is 16.6. The van der Waals surface area contributed by atoms with E-state index in [-0.39, 0.29) is 17.2 Å². The predicted octanol–water partition coefficient (Wildman–Crippen LogP) is 1.94. The summed E-state index contributed by atoms with van der Waals surface area (Å²) in [6.07, 6.45) is 2.95. The molecule has 1 aromatic rings. The Kier molecular flexibility index (Phi) is 4.42. The molecule has 21 heavy (non-hydrogen) atoms. The number of nitrogens with zero attached hydrogens (tertiary/aromatic N) is 1. The fourth-order valence-electron chi connectivity index (χ4n) is 2.40. The average Bonchev–Trinajstić information content (AvgIpc) is 2.45. The van der Waals surface area contributed by atoms with Crippen molar-refractivity contribution in [3.63, 3.8) is 0 Å². The fraction of sp³-hybridized carbons (Fsp3) is 0.500. The molecule has 0 saturated heterocycles. The number of rotatable bonds is 6. The highest BCUT2D eigenvalue weighted by Gasteiger charge is 2.37. The van der Waals surface area contributed by atoms with Crippen LogP contribution >= 0.6 is 0 Å². The number of amides is 1. The minimum absolute atomic E-state index is 0.0479. The molecular formula is C14H19N3O4. The number of hydrogen-bond acceptors (Lipinski definition) is 5. The maximum atomic E-state index is 11.6. The van der Waals surface area contributed by atoms with Gasteiger partial charge in [0.05, 0.1) is 10.5 Å². The van der Waals surface area contributed by atoms with E-state index in [1.54, 1.807) is 7.11 Å². The van der Waals surface area contributed by atoms with Crippen LogP contribution in [-0.4, -0.2) is 37.1 Å². The molecule has 1 aromatic carbocycles. The Bertz CT molecular complexity index is 550. The van der Waals surface area contributed by atoms with E-state index in [1.807, 2.05) is 0 Å². The molecule has 1 aliphatic carbocycles. The number of nitro groups is 1. The quantitative estimate of drug-likeness (QED) is 0.617. The second kappa shape index (κ2) is 6.09. The number of nitro benzene ring substituents is 1. The van der Waals surface area contributed by atoms with Crippen molar-refractivity contribution in [3.8, 4) is 0 Å². The molecule has 0 spiro atoms. The zero-order chi connectivity index (χ0) is 15.5. The van der Waals surface area contributed by atoms with Gasteiger partial charge in [-0.1, -0.05) is 0 Å². The Morgan fingerprint density at radius 1 is 1.48 bits per heavy atom. The van der Waals surface area contributed by atoms with E-state index in [9.17, 15) is 14.9 Å². The molecule has 2 rings (SSSR count). The molecule has 0 heterocycles. The van der Waals surface area contributed by atoms with Crippen molar-refractivity contribution in [1.29, 1.82) is 0 Å². The third-order valence-corrected chi connectivity index (χ3v) is 3.98. The molecule has 0 bridgehead atoms. The lowest BCUT2D eigenvalue weighted by molar-refractivity contribution is -0.384. The van der Waals surface area contributed by atoms with Crippen molar-refractivity contribution in [2.24, 2.45) is 0 Å². The van der Waals surface area contributed by atoms with E-state index in [0.29, 0.717) is 17.8 Å². The van der Waals surface area contributed by atoms with Gasteiger partial charge < -0.3 is 15.4 Å². The van der Waals surface area contributed by atoms with Crippen LogP contribution in [0.5, 0.6) is 0 Å². The first kappa shape index (κ1) is 15.2. The molecule has 114 valence electrons. The highest BCUT2D eigenvalue weighted by atomic mass is 16.6. The summed E-state index contributed by atoms with van der Waals surface area (Å²) < 4.78 is 5.48. The average molecular weight is 293 g/mol. The molecule has 7 nitrogen and oxygen atoms in total. The molecule has 1 saturated carbocycles. The lowest BCUT2D eigenvalue weighted by atomic mass is 9.80. The summed E-state index contributed by atoms with van der Waals surface area (Å²) in [5.41, 5.74) is 0.417. The van der Waals surface area contributed by atoms with E-state index < -0.39 is 4.92 Å². The maximum absolute atomic E-state index is 11.6. The van der Waals surface area contributed by atoms with Gasteiger partial charge in [-0.15, -0.1) is 0 Å². The molecule has 0 atom stereocenters. The van der Waals surface area contributed by atoms with Crippen LogP contribution in [0.25, 0.3) is 0 Å². The normalized spacial score (nSPS) is 15.9. The van der Waals surface area contributed by atoms with Crippen molar-refractivity contribution in [3.05, 3.63) is 33.9 Å². The lowest BCUT2D eigenvalue weighted by Gasteiger charge is -2.40. The monoisotopic (exact) mass is 293 g/mol. The van der Waals surface area contributed by atoms with E-state index in [4.69, 9.17) is 4.74 Å². The first-order valence-corrected chi connectivity index (χ1v) is 6.81. The largest absolute Gasteiger partial charge is 0.377 e. The highest BCUT2D eigenvalue weighted by Crippen LogP contribution is 2.36. The molecule has 1 aliphatic rings. The molecule has 7 heteroatoms. The number of methoxy groups -OCH3 is 1. The van der Waals surface area contributed by atoms with E-state index in [0.717, 1.165) is 19.3 Å². The lowest BCUT2D eigenvalue weighted by Crippen LogP contribution is -2.45. The van der Waals surface area contributed by atoms with Gasteiger partial charge in [0, 0.05) is 32.3 Å². The SMILES string of the molecule is CNC(=O)c1ccc([N+](=O)[O-])c(NCC2(OC)CCC2)c1. The zero-order valence-corrected chi connectivity index (χ0v) is 12.1. The van der Waals surface area contributed by atoms with Crippen LogP contribution in [0, 0.1) is 10.1 Å². The summed E-state index contributed by atoms with van der Waals surface area (Å²) >= 11 is 0. The third-order valence-electron chi connectivity index (χ3n) is 3.98. The Hall–Kier alpha value is -2.15. The summed E-state index contributed by atoms with van der Waals surface area (Å²) in [4.78, 5) is 22.3. The van der Waals surface area contributed by atoms with Crippen LogP contribution in [0.15, 0.2) is 18.2 Å². The van der Waals surface area contributed by atoms with Gasteiger partial charge in [-0.05, 0) is 31.4 Å². The van der Waals surface area contributed by atoms with Crippen molar-refractivity contribution in [2.75, 3.05) is 26.0 Å². The van der Waals surface area contributed by atoms with Gasteiger partial charge >= 0.3 is 0 Å². The minimum Gasteiger partial charge on any atom is -0.377 e. The van der Waals surface area contributed by atoms with Crippen LogP contribution < -0.4 is 10.6 Å². The number of anilines is 1. The summed E-state index contributed by atoms with van der Waals surface area (Å²) in [5.74, 6) is -0.280. The second-order valence-corrected chi connectivity index (χ2v) is 5.16. The number of carbonyl (C=O) groups is 1. The van der Waals surface area contributed by atoms with Gasteiger partial charge in [0.25, 0.3) is 11.6 Å². The number of ether oxygens (including phenoxy) is 1. The molecule has 1 amide bonds. The van der Waals surface area contributed by atoms with Crippen molar-refractivity contribution in [1.82, 2.24) is 5.32 Å². The number of hydrogen-bond donors (Lipinski definition) is 2. The summed E-state index contributed by atoms with van der Waals surface area (Å²) in [6, 6.07) is 4.28. The number of benzene rings is 1. The summed E-state index contributed by atoms with van der Waals surface area (Å²) in [6.45, 7) is 0.488. The predicted molar refractivity (Wildman–Crippen MR) is 78.6 cm³/mol. The number of carbonyl (C=O) groups excluding carboxylic acids is 1. The molecule has 1 fully saturated rings. The summed E-state index contributed by atoms with van der Waals surface area (Å²) in [7, 11) is 3.17. The van der Waals surface area contributed by atoms with Crippen LogP contribution in [0.2, 0.25) is 0 Å². The van der Waals surface area contributed by atoms with Gasteiger partial charge in [-0.2, -0.15) is 0 Å². The second-order valence-electron chi connectivity index (χ2n) is 5.16. The number of nitrogens with one attached hydrogen (secondary N) is 2. The first-order chi connectivity index (χ1) is 10.0. The molecule has 0 unspecified atom stereocenters. The molecule has 2 N–H and O–H groups in total. The topological polar surface area (TPSA) is 93.5 Å². The molecule has 0 aliphatic heterocycles. The van der Waals surface area contributed by atoms with Gasteiger partial charge in [0.1, 0.15) is 5.69 Å². The van der Waals surface area contributed by atoms with Gasteiger partial charge in [0.2, 0.25) is 0 Å². The van der Waals surface area contributed by atoms with Gasteiger partial charge in [0.15, 0.2) is 0 Å². The standard InChI is InChI=1S/C14H19N3O4/c1-15-13(18)10-4-5-12(17(19)20)11(8-10)16-9-14(21-2)6-3-7-14/h4-5,8,16H,3,6-7,9H2,1-2H3,(H,15,18). The Balaban J connectivity index is 2.22. The smallest absolute Gasteiger partial charge is 0.292 e. The van der Waals surface area contributed by atoms with Crippen molar-refractivity contribution < 1.29 is 14.5 Å². The van der Waals surface area contributed by atoms with Gasteiger partial charge in [-0.3, -0.25) is 14.9 Å². The maximum Gasteiger partial charge on any atom is 0.292 e. The molecular weight excluding hydrogens is 274 g/mol. The fourth-order valence-corrected chi connectivity index (χ4v) is 2.40. The zero-order valence-electron chi connectivity index (χ0n) is 12.1. The van der Waals surface area contributed by atoms with Crippen LogP contribution in [0.3, 0.4) is 0 Å². The Morgan fingerprint density at radius 2 is 2.19 bits per heavy atom. The van der Waals surface area contributed by atoms with Crippen molar-refractivity contribution >= 4 is 17.3 Å². The minimum atomic E-state index is -0.462.